The first-order chi connectivity index (χ1) is 9.16. The van der Waals surface area contributed by atoms with E-state index in [2.05, 4.69) is 10.4 Å². The summed E-state index contributed by atoms with van der Waals surface area (Å²) in [6, 6.07) is 11.4. The van der Waals surface area contributed by atoms with Crippen LogP contribution >= 0.6 is 11.5 Å². The maximum Gasteiger partial charge on any atom is 0.233 e. The van der Waals surface area contributed by atoms with Crippen LogP contribution in [0.25, 0.3) is 0 Å². The molecule has 2 N–H and O–H groups in total. The van der Waals surface area contributed by atoms with Crippen LogP contribution in [0.4, 0.5) is 0 Å². The SMILES string of the molecule is CCC(C(N)=O)(c1ccccc1)c1sncc1C#N. The molecule has 0 saturated heterocycles. The van der Waals surface area contributed by atoms with Gasteiger partial charge in [0.15, 0.2) is 0 Å². The second-order valence-electron chi connectivity index (χ2n) is 4.17. The maximum absolute atomic E-state index is 12.1. The number of carbonyl (C=O) groups excluding carboxylic acids is 1. The fourth-order valence-corrected chi connectivity index (χ4v) is 3.25. The maximum atomic E-state index is 12.1. The van der Waals surface area contributed by atoms with Crippen LogP contribution in [-0.2, 0) is 10.2 Å². The zero-order valence-electron chi connectivity index (χ0n) is 10.5. The van der Waals surface area contributed by atoms with E-state index in [1.165, 1.54) is 6.20 Å². The van der Waals surface area contributed by atoms with E-state index in [0.29, 0.717) is 16.9 Å². The normalized spacial score (nSPS) is 13.5. The molecule has 1 heterocycles. The van der Waals surface area contributed by atoms with Crippen molar-refractivity contribution in [2.24, 2.45) is 5.73 Å². The first-order valence-electron chi connectivity index (χ1n) is 5.87. The quantitative estimate of drug-likeness (QED) is 0.925. The van der Waals surface area contributed by atoms with Crippen molar-refractivity contribution in [3.8, 4) is 6.07 Å². The Morgan fingerprint density at radius 2 is 2.16 bits per heavy atom. The van der Waals surface area contributed by atoms with E-state index in [-0.39, 0.29) is 0 Å². The topological polar surface area (TPSA) is 79.8 Å². The highest BCUT2D eigenvalue weighted by Crippen LogP contribution is 2.39. The molecular weight excluding hydrogens is 258 g/mol. The van der Waals surface area contributed by atoms with Crippen LogP contribution in [0.3, 0.4) is 0 Å². The number of nitrogens with two attached hydrogens (primary N) is 1. The summed E-state index contributed by atoms with van der Waals surface area (Å²) >= 11 is 1.16. The van der Waals surface area contributed by atoms with Gasteiger partial charge in [-0.25, -0.2) is 0 Å². The van der Waals surface area contributed by atoms with Gasteiger partial charge in [-0.3, -0.25) is 4.79 Å². The molecule has 0 aliphatic heterocycles. The Morgan fingerprint density at radius 3 is 2.68 bits per heavy atom. The number of rotatable bonds is 4. The molecule has 0 saturated carbocycles. The summed E-state index contributed by atoms with van der Waals surface area (Å²) in [4.78, 5) is 12.7. The molecule has 1 atom stereocenters. The highest BCUT2D eigenvalue weighted by molar-refractivity contribution is 7.06. The summed E-state index contributed by atoms with van der Waals surface area (Å²) in [6.45, 7) is 1.89. The monoisotopic (exact) mass is 271 g/mol. The van der Waals surface area contributed by atoms with Crippen molar-refractivity contribution in [1.82, 2.24) is 4.37 Å². The number of hydrogen-bond acceptors (Lipinski definition) is 4. The van der Waals surface area contributed by atoms with E-state index >= 15 is 0 Å². The van der Waals surface area contributed by atoms with Gasteiger partial charge >= 0.3 is 0 Å². The van der Waals surface area contributed by atoms with E-state index in [0.717, 1.165) is 17.1 Å². The number of primary amides is 1. The van der Waals surface area contributed by atoms with Gasteiger partial charge in [-0.2, -0.15) is 9.64 Å². The highest BCUT2D eigenvalue weighted by atomic mass is 32.1. The molecule has 0 spiro atoms. The predicted octanol–water partition coefficient (Wildman–Crippen LogP) is 2.20. The molecule has 19 heavy (non-hydrogen) atoms. The van der Waals surface area contributed by atoms with Crippen LogP contribution in [0, 0.1) is 11.3 Å². The van der Waals surface area contributed by atoms with Gasteiger partial charge in [0.1, 0.15) is 11.5 Å². The number of hydrogen-bond donors (Lipinski definition) is 1. The zero-order chi connectivity index (χ0) is 13.9. The minimum absolute atomic E-state index is 0.412. The van der Waals surface area contributed by atoms with Crippen molar-refractivity contribution in [3.05, 3.63) is 52.5 Å². The first-order valence-corrected chi connectivity index (χ1v) is 6.64. The molecule has 96 valence electrons. The average Bonchev–Trinajstić information content (AvgIpc) is 2.90. The lowest BCUT2D eigenvalue weighted by Crippen LogP contribution is -2.41. The van der Waals surface area contributed by atoms with Crippen molar-refractivity contribution in [2.45, 2.75) is 18.8 Å². The van der Waals surface area contributed by atoms with Crippen molar-refractivity contribution in [2.75, 3.05) is 0 Å². The molecule has 1 aromatic carbocycles. The summed E-state index contributed by atoms with van der Waals surface area (Å²) in [5, 5.41) is 9.16. The van der Waals surface area contributed by atoms with E-state index in [1.807, 2.05) is 37.3 Å². The summed E-state index contributed by atoms with van der Waals surface area (Å²) < 4.78 is 4.03. The molecule has 5 heteroatoms. The standard InChI is InChI=1S/C14H13N3OS/c1-2-14(13(16)18,11-6-4-3-5-7-11)12-10(8-15)9-17-19-12/h3-7,9H,2H2,1H3,(H2,16,18). The number of benzene rings is 1. The van der Waals surface area contributed by atoms with Crippen LogP contribution in [0.15, 0.2) is 36.5 Å². The Kier molecular flexibility index (Phi) is 3.63. The van der Waals surface area contributed by atoms with E-state index in [9.17, 15) is 4.79 Å². The molecular formula is C14H13N3OS. The van der Waals surface area contributed by atoms with E-state index < -0.39 is 11.3 Å². The predicted molar refractivity (Wildman–Crippen MR) is 73.5 cm³/mol. The Morgan fingerprint density at radius 1 is 1.47 bits per heavy atom. The molecule has 1 aromatic heterocycles. The minimum Gasteiger partial charge on any atom is -0.369 e. The number of nitrogens with zero attached hydrogens (tertiary/aromatic N) is 2. The van der Waals surface area contributed by atoms with Gasteiger partial charge < -0.3 is 5.73 Å². The Bertz CT molecular complexity index is 630. The lowest BCUT2D eigenvalue weighted by Gasteiger charge is -2.28. The fourth-order valence-electron chi connectivity index (χ4n) is 2.27. The number of nitriles is 1. The Balaban J connectivity index is 2.73. The molecule has 1 amide bonds. The van der Waals surface area contributed by atoms with Gasteiger partial charge in [0.2, 0.25) is 5.91 Å². The van der Waals surface area contributed by atoms with Gasteiger partial charge in [-0.15, -0.1) is 0 Å². The number of amides is 1. The van der Waals surface area contributed by atoms with Crippen molar-refractivity contribution < 1.29 is 4.79 Å². The molecule has 0 fully saturated rings. The molecule has 0 bridgehead atoms. The Hall–Kier alpha value is -2.19. The molecule has 2 aromatic rings. The van der Waals surface area contributed by atoms with Crippen LogP contribution in [0.2, 0.25) is 0 Å². The van der Waals surface area contributed by atoms with Crippen LogP contribution in [0.5, 0.6) is 0 Å². The van der Waals surface area contributed by atoms with Gasteiger partial charge in [0.25, 0.3) is 0 Å². The van der Waals surface area contributed by atoms with Gasteiger partial charge in [-0.05, 0) is 23.5 Å². The van der Waals surface area contributed by atoms with Crippen LogP contribution in [0.1, 0.15) is 29.3 Å². The van der Waals surface area contributed by atoms with Crippen LogP contribution < -0.4 is 5.73 Å². The molecule has 0 aliphatic rings. The summed E-state index contributed by atoms with van der Waals surface area (Å²) in [5.41, 5.74) is 5.89. The smallest absolute Gasteiger partial charge is 0.233 e. The lowest BCUT2D eigenvalue weighted by molar-refractivity contribution is -0.122. The third kappa shape index (κ3) is 2.00. The van der Waals surface area contributed by atoms with Crippen molar-refractivity contribution in [3.63, 3.8) is 0 Å². The summed E-state index contributed by atoms with van der Waals surface area (Å²) in [5.74, 6) is -0.457. The minimum atomic E-state index is -0.979. The number of carbonyl (C=O) groups is 1. The third-order valence-corrected chi connectivity index (χ3v) is 4.26. The fraction of sp³-hybridized carbons (Fsp3) is 0.214. The summed E-state index contributed by atoms with van der Waals surface area (Å²) in [6.07, 6.45) is 1.97. The molecule has 0 aliphatic carbocycles. The first kappa shape index (κ1) is 13.2. The second kappa shape index (κ2) is 5.21. The Labute approximate surface area is 115 Å². The average molecular weight is 271 g/mol. The van der Waals surface area contributed by atoms with Crippen molar-refractivity contribution >= 4 is 17.4 Å². The highest BCUT2D eigenvalue weighted by Gasteiger charge is 2.42. The number of aromatic nitrogens is 1. The second-order valence-corrected chi connectivity index (χ2v) is 4.97. The molecule has 0 radical (unpaired) electrons. The largest absolute Gasteiger partial charge is 0.369 e. The zero-order valence-corrected chi connectivity index (χ0v) is 11.3. The molecule has 4 nitrogen and oxygen atoms in total. The van der Waals surface area contributed by atoms with E-state index in [4.69, 9.17) is 11.0 Å². The molecule has 1 unspecified atom stereocenters. The van der Waals surface area contributed by atoms with Gasteiger partial charge in [0, 0.05) is 0 Å². The van der Waals surface area contributed by atoms with E-state index in [1.54, 1.807) is 0 Å². The van der Waals surface area contributed by atoms with Gasteiger partial charge in [0.05, 0.1) is 16.6 Å². The summed E-state index contributed by atoms with van der Waals surface area (Å²) in [7, 11) is 0. The van der Waals surface area contributed by atoms with Crippen molar-refractivity contribution in [1.29, 1.82) is 5.26 Å². The van der Waals surface area contributed by atoms with Gasteiger partial charge in [-0.1, -0.05) is 37.3 Å². The molecule has 2 rings (SSSR count). The lowest BCUT2D eigenvalue weighted by atomic mass is 9.75. The van der Waals surface area contributed by atoms with Crippen LogP contribution in [-0.4, -0.2) is 10.3 Å². The third-order valence-electron chi connectivity index (χ3n) is 3.30.